The lowest BCUT2D eigenvalue weighted by Gasteiger charge is -2.08. The second-order valence-corrected chi connectivity index (χ2v) is 5.21. The molecule has 0 unspecified atom stereocenters. The number of hydrogen-bond acceptors (Lipinski definition) is 3. The number of amides is 2. The molecule has 0 aliphatic heterocycles. The average molecular weight is 355 g/mol. The van der Waals surface area contributed by atoms with Crippen molar-refractivity contribution in [3.05, 3.63) is 57.2 Å². The van der Waals surface area contributed by atoms with Gasteiger partial charge in [-0.05, 0) is 54.0 Å². The first-order chi connectivity index (χ1) is 9.88. The zero-order valence-corrected chi connectivity index (χ0v) is 12.9. The van der Waals surface area contributed by atoms with Gasteiger partial charge in [0.15, 0.2) is 0 Å². The molecule has 5 nitrogen and oxygen atoms in total. The molecule has 2 rings (SSSR count). The van der Waals surface area contributed by atoms with E-state index in [0.717, 1.165) is 6.07 Å². The lowest BCUT2D eigenvalue weighted by molar-refractivity contribution is 0.0845. The predicted octanol–water partition coefficient (Wildman–Crippen LogP) is 2.87. The Morgan fingerprint density at radius 2 is 1.71 bits per heavy atom. The van der Waals surface area contributed by atoms with E-state index < -0.39 is 17.6 Å². The number of carbonyl (C=O) groups excluding carboxylic acids is 2. The SMILES string of the molecule is Cc1cc(C(=O)NNC(=O)c2cc(F)ccc2Br)c(C)o1. The lowest BCUT2D eigenvalue weighted by Crippen LogP contribution is -2.41. The van der Waals surface area contributed by atoms with Gasteiger partial charge in [-0.3, -0.25) is 20.4 Å². The molecule has 2 aromatic rings. The number of carbonyl (C=O) groups is 2. The molecule has 0 fully saturated rings. The van der Waals surface area contributed by atoms with Crippen LogP contribution in [0.25, 0.3) is 0 Å². The number of aryl methyl sites for hydroxylation is 2. The van der Waals surface area contributed by atoms with Gasteiger partial charge < -0.3 is 4.42 Å². The van der Waals surface area contributed by atoms with Crippen LogP contribution >= 0.6 is 15.9 Å². The third-order valence-electron chi connectivity index (χ3n) is 2.75. The zero-order valence-electron chi connectivity index (χ0n) is 11.3. The molecular weight excluding hydrogens is 343 g/mol. The van der Waals surface area contributed by atoms with Gasteiger partial charge in [0, 0.05) is 4.47 Å². The molecule has 2 amide bonds. The van der Waals surface area contributed by atoms with Gasteiger partial charge in [-0.1, -0.05) is 0 Å². The van der Waals surface area contributed by atoms with Crippen LogP contribution in [0.15, 0.2) is 33.2 Å². The summed E-state index contributed by atoms with van der Waals surface area (Å²) in [6, 6.07) is 5.26. The molecule has 1 heterocycles. The first-order valence-corrected chi connectivity index (χ1v) is 6.80. The van der Waals surface area contributed by atoms with Crippen molar-refractivity contribution >= 4 is 27.7 Å². The second kappa shape index (κ2) is 6.09. The van der Waals surface area contributed by atoms with Gasteiger partial charge in [0.2, 0.25) is 0 Å². The highest BCUT2D eigenvalue weighted by Crippen LogP contribution is 2.17. The van der Waals surface area contributed by atoms with Gasteiger partial charge in [0.25, 0.3) is 11.8 Å². The topological polar surface area (TPSA) is 71.3 Å². The molecular formula is C14H12BrFN2O3. The van der Waals surface area contributed by atoms with Gasteiger partial charge >= 0.3 is 0 Å². The van der Waals surface area contributed by atoms with E-state index in [-0.39, 0.29) is 5.56 Å². The Balaban J connectivity index is 2.06. The minimum absolute atomic E-state index is 0.0791. The van der Waals surface area contributed by atoms with Gasteiger partial charge in [0.05, 0.1) is 11.1 Å². The molecule has 0 saturated carbocycles. The smallest absolute Gasteiger partial charge is 0.273 e. The first kappa shape index (κ1) is 15.2. The summed E-state index contributed by atoms with van der Waals surface area (Å²) in [7, 11) is 0. The van der Waals surface area contributed by atoms with Crippen LogP contribution in [0.3, 0.4) is 0 Å². The molecule has 0 saturated heterocycles. The van der Waals surface area contributed by atoms with Crippen LogP contribution in [0.4, 0.5) is 4.39 Å². The van der Waals surface area contributed by atoms with Crippen molar-refractivity contribution in [2.45, 2.75) is 13.8 Å². The molecule has 0 radical (unpaired) electrons. The Morgan fingerprint density at radius 3 is 2.29 bits per heavy atom. The van der Waals surface area contributed by atoms with Crippen molar-refractivity contribution in [3.8, 4) is 0 Å². The third kappa shape index (κ3) is 3.49. The van der Waals surface area contributed by atoms with Gasteiger partial charge in [-0.15, -0.1) is 0 Å². The number of halogens is 2. The van der Waals surface area contributed by atoms with Crippen LogP contribution in [0.2, 0.25) is 0 Å². The normalized spacial score (nSPS) is 10.3. The van der Waals surface area contributed by atoms with Crippen LogP contribution < -0.4 is 10.9 Å². The third-order valence-corrected chi connectivity index (χ3v) is 3.44. The number of hydrazine groups is 1. The van der Waals surface area contributed by atoms with Gasteiger partial charge in [-0.2, -0.15) is 0 Å². The Labute approximate surface area is 128 Å². The zero-order chi connectivity index (χ0) is 15.6. The van der Waals surface area contributed by atoms with Crippen LogP contribution in [-0.2, 0) is 0 Å². The van der Waals surface area contributed by atoms with Crippen LogP contribution in [0.1, 0.15) is 32.2 Å². The predicted molar refractivity (Wildman–Crippen MR) is 77.2 cm³/mol. The molecule has 0 bridgehead atoms. The van der Waals surface area contributed by atoms with E-state index in [9.17, 15) is 14.0 Å². The van der Waals surface area contributed by atoms with Crippen LogP contribution in [0, 0.1) is 19.7 Å². The molecule has 0 atom stereocenters. The fourth-order valence-corrected chi connectivity index (χ4v) is 2.20. The highest BCUT2D eigenvalue weighted by molar-refractivity contribution is 9.10. The fraction of sp³-hybridized carbons (Fsp3) is 0.143. The van der Waals surface area contributed by atoms with Crippen molar-refractivity contribution in [1.29, 1.82) is 0 Å². The molecule has 0 aliphatic rings. The number of benzene rings is 1. The molecule has 21 heavy (non-hydrogen) atoms. The summed E-state index contributed by atoms with van der Waals surface area (Å²) < 4.78 is 18.8. The van der Waals surface area contributed by atoms with Crippen molar-refractivity contribution < 1.29 is 18.4 Å². The fourth-order valence-electron chi connectivity index (χ4n) is 1.78. The Hall–Kier alpha value is -2.15. The van der Waals surface area contributed by atoms with E-state index in [0.29, 0.717) is 21.6 Å². The summed E-state index contributed by atoms with van der Waals surface area (Å²) in [5.74, 6) is -0.642. The molecule has 1 aromatic carbocycles. The number of rotatable bonds is 2. The van der Waals surface area contributed by atoms with E-state index in [2.05, 4.69) is 26.8 Å². The Kier molecular flexibility index (Phi) is 4.42. The first-order valence-electron chi connectivity index (χ1n) is 6.01. The van der Waals surface area contributed by atoms with E-state index in [1.165, 1.54) is 12.1 Å². The molecule has 0 spiro atoms. The maximum absolute atomic E-state index is 13.1. The van der Waals surface area contributed by atoms with E-state index >= 15 is 0 Å². The molecule has 7 heteroatoms. The Morgan fingerprint density at radius 1 is 1.10 bits per heavy atom. The van der Waals surface area contributed by atoms with Gasteiger partial charge in [-0.25, -0.2) is 4.39 Å². The van der Waals surface area contributed by atoms with E-state index in [1.54, 1.807) is 19.9 Å². The molecule has 110 valence electrons. The standard InChI is InChI=1S/C14H12BrFN2O3/c1-7-5-10(8(2)21-7)13(19)17-18-14(20)11-6-9(16)3-4-12(11)15/h3-6H,1-2H3,(H,17,19)(H,18,20). The van der Waals surface area contributed by atoms with Crippen LogP contribution in [-0.4, -0.2) is 11.8 Å². The molecule has 1 aromatic heterocycles. The highest BCUT2D eigenvalue weighted by Gasteiger charge is 2.16. The van der Waals surface area contributed by atoms with Gasteiger partial charge in [0.1, 0.15) is 17.3 Å². The highest BCUT2D eigenvalue weighted by atomic mass is 79.9. The van der Waals surface area contributed by atoms with Crippen molar-refractivity contribution in [1.82, 2.24) is 10.9 Å². The monoisotopic (exact) mass is 354 g/mol. The van der Waals surface area contributed by atoms with E-state index in [1.807, 2.05) is 0 Å². The maximum atomic E-state index is 13.1. The summed E-state index contributed by atoms with van der Waals surface area (Å²) in [4.78, 5) is 23.8. The summed E-state index contributed by atoms with van der Waals surface area (Å²) in [5, 5.41) is 0. The van der Waals surface area contributed by atoms with Crippen molar-refractivity contribution in [2.24, 2.45) is 0 Å². The summed E-state index contributed by atoms with van der Waals surface area (Å²) in [6.07, 6.45) is 0. The second-order valence-electron chi connectivity index (χ2n) is 4.36. The maximum Gasteiger partial charge on any atom is 0.273 e. The van der Waals surface area contributed by atoms with Crippen molar-refractivity contribution in [2.75, 3.05) is 0 Å². The summed E-state index contributed by atoms with van der Waals surface area (Å²) >= 11 is 3.14. The minimum Gasteiger partial charge on any atom is -0.466 e. The lowest BCUT2D eigenvalue weighted by atomic mass is 10.2. The Bertz CT molecular complexity index is 712. The molecule has 0 aliphatic carbocycles. The summed E-state index contributed by atoms with van der Waals surface area (Å²) in [5.41, 5.74) is 4.89. The number of furan rings is 1. The van der Waals surface area contributed by atoms with Crippen LogP contribution in [0.5, 0.6) is 0 Å². The average Bonchev–Trinajstić information content (AvgIpc) is 2.77. The summed E-state index contributed by atoms with van der Waals surface area (Å²) in [6.45, 7) is 3.36. The molecule has 2 N–H and O–H groups in total. The number of hydrogen-bond donors (Lipinski definition) is 2. The van der Waals surface area contributed by atoms with E-state index in [4.69, 9.17) is 4.42 Å². The minimum atomic E-state index is -0.632. The van der Waals surface area contributed by atoms with Crippen molar-refractivity contribution in [3.63, 3.8) is 0 Å². The quantitative estimate of drug-likeness (QED) is 0.814. The largest absolute Gasteiger partial charge is 0.466 e. The number of nitrogens with one attached hydrogen (secondary N) is 2.